The van der Waals surface area contributed by atoms with Gasteiger partial charge in [0.05, 0.1) is 22.9 Å². The van der Waals surface area contributed by atoms with Gasteiger partial charge in [-0.3, -0.25) is 4.72 Å². The van der Waals surface area contributed by atoms with Crippen LogP contribution in [0, 0.1) is 13.8 Å². The Morgan fingerprint density at radius 2 is 1.87 bits per heavy atom. The molecule has 7 heteroatoms. The zero-order chi connectivity index (χ0) is 21.3. The predicted molar refractivity (Wildman–Crippen MR) is 119 cm³/mol. The van der Waals surface area contributed by atoms with Crippen LogP contribution in [0.5, 0.6) is 5.75 Å². The number of nitrogens with one attached hydrogen (secondary N) is 1. The maximum Gasteiger partial charge on any atom is 0.261 e. The third-order valence-electron chi connectivity index (χ3n) is 4.90. The van der Waals surface area contributed by atoms with Crippen molar-refractivity contribution in [3.05, 3.63) is 78.1 Å². The third kappa shape index (κ3) is 3.89. The lowest BCUT2D eigenvalue weighted by atomic mass is 10.1. The average molecular weight is 422 g/mol. The van der Waals surface area contributed by atoms with E-state index in [0.717, 1.165) is 28.0 Å². The number of nitrogens with zero attached hydrogens (tertiary/aromatic N) is 2. The lowest BCUT2D eigenvalue weighted by molar-refractivity contribution is 0.337. The first kappa shape index (κ1) is 20.0. The molecule has 4 rings (SSSR count). The molecule has 0 fully saturated rings. The summed E-state index contributed by atoms with van der Waals surface area (Å²) in [4.78, 5) is 4.81. The van der Waals surface area contributed by atoms with Gasteiger partial charge in [-0.05, 0) is 68.3 Å². The molecule has 4 aromatic rings. The molecule has 0 aliphatic rings. The van der Waals surface area contributed by atoms with Crippen molar-refractivity contribution in [3.63, 3.8) is 0 Å². The molecule has 0 saturated carbocycles. The highest BCUT2D eigenvalue weighted by molar-refractivity contribution is 7.92. The zero-order valence-corrected chi connectivity index (χ0v) is 17.9. The van der Waals surface area contributed by atoms with Gasteiger partial charge in [-0.15, -0.1) is 0 Å². The highest BCUT2D eigenvalue weighted by atomic mass is 32.2. The number of pyridine rings is 1. The predicted octanol–water partition coefficient (Wildman–Crippen LogP) is 4.82. The zero-order valence-electron chi connectivity index (χ0n) is 17.1. The Morgan fingerprint density at radius 1 is 1.03 bits per heavy atom. The van der Waals surface area contributed by atoms with Crippen molar-refractivity contribution in [2.45, 2.75) is 25.7 Å². The van der Waals surface area contributed by atoms with Crippen molar-refractivity contribution in [2.75, 3.05) is 11.3 Å². The monoisotopic (exact) mass is 421 g/mol. The molecule has 0 saturated heterocycles. The third-order valence-corrected chi connectivity index (χ3v) is 6.26. The van der Waals surface area contributed by atoms with E-state index in [-0.39, 0.29) is 4.90 Å². The molecule has 0 amide bonds. The minimum Gasteiger partial charge on any atom is -0.494 e. The van der Waals surface area contributed by atoms with E-state index in [2.05, 4.69) is 9.71 Å². The highest BCUT2D eigenvalue weighted by Crippen LogP contribution is 2.28. The van der Waals surface area contributed by atoms with Crippen LogP contribution in [0.4, 0.5) is 5.69 Å². The Balaban J connectivity index is 1.67. The molecule has 0 aliphatic carbocycles. The Hall–Kier alpha value is -3.32. The van der Waals surface area contributed by atoms with Gasteiger partial charge >= 0.3 is 0 Å². The van der Waals surface area contributed by atoms with Gasteiger partial charge in [-0.1, -0.05) is 18.2 Å². The van der Waals surface area contributed by atoms with Crippen LogP contribution in [-0.2, 0) is 10.0 Å². The summed E-state index contributed by atoms with van der Waals surface area (Å²) in [6, 6.07) is 16.3. The fourth-order valence-electron chi connectivity index (χ4n) is 3.28. The molecule has 0 radical (unpaired) electrons. The minimum absolute atomic E-state index is 0.195. The SMILES string of the molecule is CCOc1ccc(S(=O)(=O)Nc2cc(-c3cn4ccccc4n3)ccc2C)cc1C. The van der Waals surface area contributed by atoms with E-state index in [0.29, 0.717) is 18.0 Å². The summed E-state index contributed by atoms with van der Waals surface area (Å²) in [5.41, 5.74) is 4.57. The van der Waals surface area contributed by atoms with Crippen molar-refractivity contribution in [3.8, 4) is 17.0 Å². The normalized spacial score (nSPS) is 11.6. The molecule has 6 nitrogen and oxygen atoms in total. The average Bonchev–Trinajstić information content (AvgIpc) is 3.15. The summed E-state index contributed by atoms with van der Waals surface area (Å²) in [5.74, 6) is 0.682. The van der Waals surface area contributed by atoms with E-state index < -0.39 is 10.0 Å². The van der Waals surface area contributed by atoms with Crippen LogP contribution >= 0.6 is 0 Å². The second-order valence-corrected chi connectivity index (χ2v) is 8.77. The quantitative estimate of drug-likeness (QED) is 0.485. The van der Waals surface area contributed by atoms with Crippen molar-refractivity contribution in [1.29, 1.82) is 0 Å². The Kier molecular flexibility index (Phi) is 5.22. The van der Waals surface area contributed by atoms with Crippen LogP contribution in [-0.4, -0.2) is 24.4 Å². The Labute approximate surface area is 176 Å². The first-order valence-electron chi connectivity index (χ1n) is 9.68. The fourth-order valence-corrected chi connectivity index (χ4v) is 4.48. The largest absolute Gasteiger partial charge is 0.494 e. The second kappa shape index (κ2) is 7.84. The standard InChI is InChI=1S/C23H23N3O3S/c1-4-29-22-11-10-19(13-17(22)3)30(27,28)25-20-14-18(9-8-16(20)2)21-15-26-12-6-5-7-23(26)24-21/h5-15,25H,4H2,1-3H3. The molecule has 2 aromatic carbocycles. The van der Waals surface area contributed by atoms with E-state index in [1.807, 2.05) is 74.0 Å². The molecule has 0 bridgehead atoms. The summed E-state index contributed by atoms with van der Waals surface area (Å²) in [6.45, 7) is 6.12. The lowest BCUT2D eigenvalue weighted by Gasteiger charge is -2.13. The number of benzene rings is 2. The molecule has 154 valence electrons. The summed E-state index contributed by atoms with van der Waals surface area (Å²) in [5, 5.41) is 0. The van der Waals surface area contributed by atoms with E-state index in [4.69, 9.17) is 4.74 Å². The number of aryl methyl sites for hydroxylation is 2. The van der Waals surface area contributed by atoms with Crippen LogP contribution in [0.15, 0.2) is 71.9 Å². The molecular weight excluding hydrogens is 398 g/mol. The minimum atomic E-state index is -3.74. The van der Waals surface area contributed by atoms with Crippen molar-refractivity contribution < 1.29 is 13.2 Å². The number of anilines is 1. The molecule has 2 aromatic heterocycles. The van der Waals surface area contributed by atoms with Gasteiger partial charge in [0.1, 0.15) is 11.4 Å². The Bertz CT molecular complexity index is 1290. The van der Waals surface area contributed by atoms with Gasteiger partial charge in [0.2, 0.25) is 0 Å². The van der Waals surface area contributed by atoms with Crippen LogP contribution in [0.1, 0.15) is 18.1 Å². The number of hydrogen-bond acceptors (Lipinski definition) is 4. The van der Waals surface area contributed by atoms with E-state index >= 15 is 0 Å². The summed E-state index contributed by atoms with van der Waals surface area (Å²) >= 11 is 0. The van der Waals surface area contributed by atoms with Gasteiger partial charge in [-0.2, -0.15) is 0 Å². The number of imidazole rings is 1. The van der Waals surface area contributed by atoms with Gasteiger partial charge in [0, 0.05) is 18.0 Å². The topological polar surface area (TPSA) is 72.7 Å². The second-order valence-electron chi connectivity index (χ2n) is 7.09. The van der Waals surface area contributed by atoms with Crippen LogP contribution in [0.2, 0.25) is 0 Å². The smallest absolute Gasteiger partial charge is 0.261 e. The van der Waals surface area contributed by atoms with E-state index in [9.17, 15) is 8.42 Å². The summed E-state index contributed by atoms with van der Waals surface area (Å²) in [7, 11) is -3.74. The van der Waals surface area contributed by atoms with Gasteiger partial charge < -0.3 is 9.14 Å². The highest BCUT2D eigenvalue weighted by Gasteiger charge is 2.17. The first-order chi connectivity index (χ1) is 14.4. The van der Waals surface area contributed by atoms with Crippen molar-refractivity contribution in [1.82, 2.24) is 9.38 Å². The van der Waals surface area contributed by atoms with Gasteiger partial charge in [0.25, 0.3) is 10.0 Å². The molecule has 2 heterocycles. The number of sulfonamides is 1. The van der Waals surface area contributed by atoms with Crippen LogP contribution in [0.25, 0.3) is 16.9 Å². The molecule has 0 aliphatic heterocycles. The number of fused-ring (bicyclic) bond motifs is 1. The van der Waals surface area contributed by atoms with Crippen LogP contribution < -0.4 is 9.46 Å². The fraction of sp³-hybridized carbons (Fsp3) is 0.174. The van der Waals surface area contributed by atoms with Crippen molar-refractivity contribution >= 4 is 21.4 Å². The number of hydrogen-bond donors (Lipinski definition) is 1. The van der Waals surface area contributed by atoms with E-state index in [1.54, 1.807) is 18.2 Å². The number of ether oxygens (including phenoxy) is 1. The summed E-state index contributed by atoms with van der Waals surface area (Å²) < 4.78 is 36.1. The molecule has 0 atom stereocenters. The summed E-state index contributed by atoms with van der Waals surface area (Å²) in [6.07, 6.45) is 3.85. The molecule has 30 heavy (non-hydrogen) atoms. The number of rotatable bonds is 6. The maximum atomic E-state index is 13.0. The molecule has 0 spiro atoms. The van der Waals surface area contributed by atoms with Crippen molar-refractivity contribution in [2.24, 2.45) is 0 Å². The lowest BCUT2D eigenvalue weighted by Crippen LogP contribution is -2.14. The van der Waals surface area contributed by atoms with Gasteiger partial charge in [-0.25, -0.2) is 13.4 Å². The first-order valence-corrected chi connectivity index (χ1v) is 11.2. The molecule has 1 N–H and O–H groups in total. The van der Waals surface area contributed by atoms with E-state index in [1.165, 1.54) is 0 Å². The van der Waals surface area contributed by atoms with Crippen LogP contribution in [0.3, 0.4) is 0 Å². The number of aromatic nitrogens is 2. The molecular formula is C23H23N3O3S. The van der Waals surface area contributed by atoms with Gasteiger partial charge in [0.15, 0.2) is 0 Å². The Morgan fingerprint density at radius 3 is 2.60 bits per heavy atom. The maximum absolute atomic E-state index is 13.0. The molecule has 0 unspecified atom stereocenters.